The molecule has 0 radical (unpaired) electrons. The predicted octanol–water partition coefficient (Wildman–Crippen LogP) is 15.6. The molecule has 0 atom stereocenters. The van der Waals surface area contributed by atoms with Crippen LogP contribution in [0.4, 0.5) is 42.9 Å². The molecule has 61 heavy (non-hydrogen) atoms. The number of nitrogens with zero attached hydrogens (tertiary/aromatic N) is 2. The Labute approximate surface area is 352 Å². The summed E-state index contributed by atoms with van der Waals surface area (Å²) in [6.07, 6.45) is 0. The van der Waals surface area contributed by atoms with E-state index in [-0.39, 0.29) is 11.6 Å². The van der Waals surface area contributed by atoms with Crippen LogP contribution in [-0.4, -0.2) is 0 Å². The predicted molar refractivity (Wildman–Crippen MR) is 247 cm³/mol. The van der Waals surface area contributed by atoms with Crippen molar-refractivity contribution in [3.05, 3.63) is 252 Å². The van der Waals surface area contributed by atoms with Crippen LogP contribution in [0.3, 0.4) is 0 Å². The fourth-order valence-electron chi connectivity index (χ4n) is 10.4. The lowest BCUT2D eigenvalue weighted by Crippen LogP contribution is -2.26. The number of benzene rings is 10. The standard InChI is InChI=1S/C57H36F2N2/c58-50-27-13-15-29-52(50)60(38-17-3-1-4-18-38)40-32-34-41-37(35-40)31-33-46-55-45-24-8-7-23-44(45)54(61(39-19-5-2-6-20-39)53-30-16-14-28-51(53)59)36-49(55)57(56(41)46)47-25-11-9-21-42(47)43-22-10-12-26-48(43)57/h1-36H. The van der Waals surface area contributed by atoms with Crippen LogP contribution in [0.2, 0.25) is 0 Å². The Kier molecular flexibility index (Phi) is 7.85. The van der Waals surface area contributed by atoms with Gasteiger partial charge in [0, 0.05) is 22.4 Å². The summed E-state index contributed by atoms with van der Waals surface area (Å²) >= 11 is 0. The van der Waals surface area contributed by atoms with Crippen LogP contribution in [-0.2, 0) is 5.41 Å². The second-order valence-electron chi connectivity index (χ2n) is 15.8. The molecular weight excluding hydrogens is 751 g/mol. The van der Waals surface area contributed by atoms with Crippen molar-refractivity contribution >= 4 is 55.7 Å². The van der Waals surface area contributed by atoms with Gasteiger partial charge in [-0.05, 0) is 127 Å². The minimum absolute atomic E-state index is 0.295. The van der Waals surface area contributed by atoms with E-state index < -0.39 is 5.41 Å². The second kappa shape index (κ2) is 13.6. The minimum atomic E-state index is -0.722. The van der Waals surface area contributed by atoms with E-state index in [1.165, 1.54) is 45.5 Å². The van der Waals surface area contributed by atoms with E-state index in [2.05, 4.69) is 114 Å². The quantitative estimate of drug-likeness (QED) is 0.166. The first-order valence-corrected chi connectivity index (χ1v) is 20.7. The Bertz CT molecular complexity index is 3310. The van der Waals surface area contributed by atoms with Gasteiger partial charge in [0.25, 0.3) is 0 Å². The average molecular weight is 787 g/mol. The molecular formula is C57H36F2N2. The molecule has 0 N–H and O–H groups in total. The average Bonchev–Trinajstić information content (AvgIpc) is 3.79. The molecule has 0 amide bonds. The largest absolute Gasteiger partial charge is 0.308 e. The molecule has 2 aliphatic rings. The van der Waals surface area contributed by atoms with Crippen molar-refractivity contribution in [3.63, 3.8) is 0 Å². The summed E-state index contributed by atoms with van der Waals surface area (Å²) in [4.78, 5) is 4.07. The van der Waals surface area contributed by atoms with Crippen molar-refractivity contribution in [3.8, 4) is 22.3 Å². The summed E-state index contributed by atoms with van der Waals surface area (Å²) in [5, 5.41) is 4.28. The van der Waals surface area contributed by atoms with E-state index in [0.717, 1.165) is 55.4 Å². The van der Waals surface area contributed by atoms with Crippen LogP contribution in [0.25, 0.3) is 43.8 Å². The molecule has 4 heteroatoms. The fourth-order valence-corrected chi connectivity index (χ4v) is 10.4. The molecule has 0 heterocycles. The third-order valence-corrected chi connectivity index (χ3v) is 12.7. The third kappa shape index (κ3) is 5.06. The van der Waals surface area contributed by atoms with Gasteiger partial charge in [0.05, 0.1) is 22.5 Å². The molecule has 0 unspecified atom stereocenters. The van der Waals surface area contributed by atoms with Crippen LogP contribution in [0.5, 0.6) is 0 Å². The van der Waals surface area contributed by atoms with Crippen molar-refractivity contribution < 1.29 is 8.78 Å². The number of halogens is 2. The van der Waals surface area contributed by atoms with Gasteiger partial charge in [0.2, 0.25) is 0 Å². The van der Waals surface area contributed by atoms with Crippen LogP contribution < -0.4 is 9.80 Å². The van der Waals surface area contributed by atoms with Crippen LogP contribution >= 0.6 is 0 Å². The Morgan fingerprint density at radius 2 is 0.852 bits per heavy atom. The summed E-state index contributed by atoms with van der Waals surface area (Å²) in [6.45, 7) is 0. The molecule has 0 saturated carbocycles. The number of para-hydroxylation sites is 4. The Balaban J connectivity index is 1.20. The van der Waals surface area contributed by atoms with Crippen LogP contribution in [0, 0.1) is 11.6 Å². The summed E-state index contributed by atoms with van der Waals surface area (Å²) < 4.78 is 32.0. The number of fused-ring (bicyclic) bond motifs is 14. The van der Waals surface area contributed by atoms with Gasteiger partial charge >= 0.3 is 0 Å². The van der Waals surface area contributed by atoms with Gasteiger partial charge in [0.1, 0.15) is 11.6 Å². The summed E-state index contributed by atoms with van der Waals surface area (Å²) in [5.41, 5.74) is 13.2. The number of anilines is 6. The molecule has 0 aromatic heterocycles. The molecule has 0 aliphatic heterocycles. The monoisotopic (exact) mass is 786 g/mol. The fraction of sp³-hybridized carbons (Fsp3) is 0.0175. The van der Waals surface area contributed by atoms with Crippen molar-refractivity contribution in [2.24, 2.45) is 0 Å². The molecule has 0 bridgehead atoms. The molecule has 12 rings (SSSR count). The van der Waals surface area contributed by atoms with Gasteiger partial charge < -0.3 is 9.80 Å². The highest BCUT2D eigenvalue weighted by molar-refractivity contribution is 6.15. The number of hydrogen-bond donors (Lipinski definition) is 0. The van der Waals surface area contributed by atoms with E-state index in [9.17, 15) is 0 Å². The summed E-state index contributed by atoms with van der Waals surface area (Å²) in [6, 6.07) is 73.6. The highest BCUT2D eigenvalue weighted by atomic mass is 19.1. The maximum Gasteiger partial charge on any atom is 0.147 e. The topological polar surface area (TPSA) is 6.48 Å². The molecule has 1 spiro atoms. The van der Waals surface area contributed by atoms with E-state index >= 15 is 8.78 Å². The Morgan fingerprint density at radius 3 is 1.49 bits per heavy atom. The van der Waals surface area contributed by atoms with Crippen molar-refractivity contribution in [1.82, 2.24) is 0 Å². The normalized spacial score (nSPS) is 12.9. The maximum absolute atomic E-state index is 16.2. The smallest absolute Gasteiger partial charge is 0.147 e. The first-order chi connectivity index (χ1) is 30.1. The molecule has 288 valence electrons. The third-order valence-electron chi connectivity index (χ3n) is 12.7. The van der Waals surface area contributed by atoms with Gasteiger partial charge in [-0.2, -0.15) is 0 Å². The van der Waals surface area contributed by atoms with Gasteiger partial charge in [-0.1, -0.05) is 152 Å². The van der Waals surface area contributed by atoms with E-state index in [1.54, 1.807) is 12.1 Å². The van der Waals surface area contributed by atoms with Crippen molar-refractivity contribution in [2.45, 2.75) is 5.41 Å². The highest BCUT2D eigenvalue weighted by Crippen LogP contribution is 2.66. The minimum Gasteiger partial charge on any atom is -0.308 e. The van der Waals surface area contributed by atoms with Gasteiger partial charge in [-0.15, -0.1) is 0 Å². The van der Waals surface area contributed by atoms with Gasteiger partial charge in [0.15, 0.2) is 0 Å². The SMILES string of the molecule is Fc1ccccc1N(c1ccccc1)c1ccc2c3c(ccc2c1)-c1c(cc(N(c2ccccc2)c2ccccc2F)c2ccccc12)C31c2ccccc2-c2ccccc21. The zero-order chi connectivity index (χ0) is 40.7. The molecule has 10 aromatic carbocycles. The van der Waals surface area contributed by atoms with Crippen LogP contribution in [0.15, 0.2) is 218 Å². The van der Waals surface area contributed by atoms with Crippen molar-refractivity contribution in [2.75, 3.05) is 9.80 Å². The number of hydrogen-bond acceptors (Lipinski definition) is 2. The van der Waals surface area contributed by atoms with Gasteiger partial charge in [-0.3, -0.25) is 0 Å². The first-order valence-electron chi connectivity index (χ1n) is 20.7. The lowest BCUT2D eigenvalue weighted by molar-refractivity contribution is 0.628. The van der Waals surface area contributed by atoms with Crippen LogP contribution in [0.1, 0.15) is 22.3 Å². The lowest BCUT2D eigenvalue weighted by Gasteiger charge is -2.33. The number of rotatable bonds is 6. The molecule has 10 aromatic rings. The van der Waals surface area contributed by atoms with E-state index in [1.807, 2.05) is 89.8 Å². The Hall–Kier alpha value is -7.82. The zero-order valence-electron chi connectivity index (χ0n) is 32.9. The first kappa shape index (κ1) is 35.2. The second-order valence-corrected chi connectivity index (χ2v) is 15.8. The summed E-state index contributed by atoms with van der Waals surface area (Å²) in [5.74, 6) is -0.594. The molecule has 0 fully saturated rings. The molecule has 2 aliphatic carbocycles. The molecule has 2 nitrogen and oxygen atoms in total. The zero-order valence-corrected chi connectivity index (χ0v) is 32.9. The van der Waals surface area contributed by atoms with Gasteiger partial charge in [-0.25, -0.2) is 8.78 Å². The maximum atomic E-state index is 16.2. The lowest BCUT2D eigenvalue weighted by atomic mass is 9.69. The van der Waals surface area contributed by atoms with Crippen molar-refractivity contribution in [1.29, 1.82) is 0 Å². The Morgan fingerprint density at radius 1 is 0.328 bits per heavy atom. The highest BCUT2D eigenvalue weighted by Gasteiger charge is 2.53. The molecule has 0 saturated heterocycles. The van der Waals surface area contributed by atoms with E-state index in [4.69, 9.17) is 0 Å². The summed E-state index contributed by atoms with van der Waals surface area (Å²) in [7, 11) is 0. The van der Waals surface area contributed by atoms with E-state index in [0.29, 0.717) is 11.4 Å².